The Balaban J connectivity index is 2.05. The van der Waals surface area contributed by atoms with Gasteiger partial charge in [-0.15, -0.1) is 22.7 Å². The number of hydrogen-bond donors (Lipinski definition) is 0. The molecule has 3 aromatic rings. The van der Waals surface area contributed by atoms with Crippen molar-refractivity contribution in [2.45, 2.75) is 0 Å². The van der Waals surface area contributed by atoms with Crippen molar-refractivity contribution in [3.05, 3.63) is 52.2 Å². The SMILES string of the molecule is O=C(c1cccs1)n1nccc1-c1cccs1. The number of aromatic nitrogens is 2. The summed E-state index contributed by atoms with van der Waals surface area (Å²) in [6.45, 7) is 0. The second-order valence-electron chi connectivity index (χ2n) is 3.39. The maximum atomic E-state index is 12.2. The largest absolute Gasteiger partial charge is 0.288 e. The number of nitrogens with zero attached hydrogens (tertiary/aromatic N) is 2. The predicted octanol–water partition coefficient (Wildman–Crippen LogP) is 3.36. The molecule has 0 saturated heterocycles. The lowest BCUT2D eigenvalue weighted by atomic mass is 10.3. The van der Waals surface area contributed by atoms with Gasteiger partial charge in [0.1, 0.15) is 0 Å². The Bertz CT molecular complexity index is 623. The summed E-state index contributed by atoms with van der Waals surface area (Å²) < 4.78 is 1.46. The smallest absolute Gasteiger partial charge is 0.266 e. The van der Waals surface area contributed by atoms with E-state index in [0.29, 0.717) is 4.88 Å². The standard InChI is InChI=1S/C12H8N2OS2/c15-12(11-4-2-8-17-11)14-9(5-6-13-14)10-3-1-7-16-10/h1-8H. The second-order valence-corrected chi connectivity index (χ2v) is 5.28. The molecule has 0 bridgehead atoms. The fourth-order valence-electron chi connectivity index (χ4n) is 1.58. The van der Waals surface area contributed by atoms with Gasteiger partial charge in [0.15, 0.2) is 0 Å². The fourth-order valence-corrected chi connectivity index (χ4v) is 2.96. The van der Waals surface area contributed by atoms with Crippen molar-refractivity contribution >= 4 is 28.6 Å². The Morgan fingerprint density at radius 2 is 1.94 bits per heavy atom. The third-order valence-electron chi connectivity index (χ3n) is 2.34. The Morgan fingerprint density at radius 1 is 1.12 bits per heavy atom. The first-order valence-corrected chi connectivity index (χ1v) is 6.78. The lowest BCUT2D eigenvalue weighted by Crippen LogP contribution is -2.12. The first-order chi connectivity index (χ1) is 8.36. The Kier molecular flexibility index (Phi) is 2.62. The zero-order valence-corrected chi connectivity index (χ0v) is 10.4. The molecular formula is C12H8N2OS2. The molecule has 0 aromatic carbocycles. The van der Waals surface area contributed by atoms with Crippen LogP contribution >= 0.6 is 22.7 Å². The van der Waals surface area contributed by atoms with E-state index in [1.807, 2.05) is 41.1 Å². The highest BCUT2D eigenvalue weighted by atomic mass is 32.1. The van der Waals surface area contributed by atoms with E-state index >= 15 is 0 Å². The molecule has 0 fully saturated rings. The van der Waals surface area contributed by atoms with Crippen LogP contribution in [0.2, 0.25) is 0 Å². The van der Waals surface area contributed by atoms with Crippen LogP contribution in [0, 0.1) is 0 Å². The molecule has 0 saturated carbocycles. The lowest BCUT2D eigenvalue weighted by Gasteiger charge is -2.02. The molecule has 0 radical (unpaired) electrons. The van der Waals surface area contributed by atoms with Gasteiger partial charge in [0.2, 0.25) is 0 Å². The van der Waals surface area contributed by atoms with Crippen molar-refractivity contribution in [3.8, 4) is 10.6 Å². The van der Waals surface area contributed by atoms with Crippen LogP contribution in [0.1, 0.15) is 9.67 Å². The van der Waals surface area contributed by atoms with Crippen LogP contribution in [0.25, 0.3) is 10.6 Å². The molecule has 3 rings (SSSR count). The Morgan fingerprint density at radius 3 is 2.65 bits per heavy atom. The molecule has 5 heteroatoms. The minimum atomic E-state index is -0.0756. The van der Waals surface area contributed by atoms with Crippen molar-refractivity contribution in [2.75, 3.05) is 0 Å². The van der Waals surface area contributed by atoms with Gasteiger partial charge in [-0.3, -0.25) is 4.79 Å². The van der Waals surface area contributed by atoms with Gasteiger partial charge in [-0.05, 0) is 29.0 Å². The first kappa shape index (κ1) is 10.4. The molecule has 0 N–H and O–H groups in total. The summed E-state index contributed by atoms with van der Waals surface area (Å²) in [6, 6.07) is 9.49. The van der Waals surface area contributed by atoms with E-state index in [2.05, 4.69) is 5.10 Å². The van der Waals surface area contributed by atoms with Crippen molar-refractivity contribution in [1.29, 1.82) is 0 Å². The van der Waals surface area contributed by atoms with E-state index in [4.69, 9.17) is 0 Å². The van der Waals surface area contributed by atoms with Crippen LogP contribution in [0.3, 0.4) is 0 Å². The van der Waals surface area contributed by atoms with Crippen LogP contribution in [-0.2, 0) is 0 Å². The van der Waals surface area contributed by atoms with Crippen LogP contribution in [0.5, 0.6) is 0 Å². The van der Waals surface area contributed by atoms with Crippen LogP contribution in [-0.4, -0.2) is 15.7 Å². The van der Waals surface area contributed by atoms with E-state index in [0.717, 1.165) is 10.6 Å². The summed E-state index contributed by atoms with van der Waals surface area (Å²) in [7, 11) is 0. The lowest BCUT2D eigenvalue weighted by molar-refractivity contribution is 0.0951. The molecule has 84 valence electrons. The van der Waals surface area contributed by atoms with E-state index in [9.17, 15) is 4.79 Å². The number of thiophene rings is 2. The van der Waals surface area contributed by atoms with Crippen LogP contribution in [0.15, 0.2) is 47.3 Å². The third kappa shape index (κ3) is 1.83. The summed E-state index contributed by atoms with van der Waals surface area (Å²) in [4.78, 5) is 13.9. The van der Waals surface area contributed by atoms with Crippen molar-refractivity contribution in [2.24, 2.45) is 0 Å². The van der Waals surface area contributed by atoms with Crippen LogP contribution in [0.4, 0.5) is 0 Å². The molecule has 0 spiro atoms. The minimum Gasteiger partial charge on any atom is -0.266 e. The topological polar surface area (TPSA) is 34.9 Å². The summed E-state index contributed by atoms with van der Waals surface area (Å²) in [6.07, 6.45) is 1.65. The number of rotatable bonds is 2. The first-order valence-electron chi connectivity index (χ1n) is 5.02. The van der Waals surface area contributed by atoms with Gasteiger partial charge < -0.3 is 0 Å². The highest BCUT2D eigenvalue weighted by Gasteiger charge is 2.15. The van der Waals surface area contributed by atoms with E-state index in [-0.39, 0.29) is 5.91 Å². The van der Waals surface area contributed by atoms with Gasteiger partial charge in [0.05, 0.1) is 21.6 Å². The zero-order chi connectivity index (χ0) is 11.7. The molecule has 0 aliphatic carbocycles. The van der Waals surface area contributed by atoms with Gasteiger partial charge in [-0.1, -0.05) is 12.1 Å². The van der Waals surface area contributed by atoms with Crippen molar-refractivity contribution < 1.29 is 4.79 Å². The summed E-state index contributed by atoms with van der Waals surface area (Å²) >= 11 is 3.03. The molecule has 0 amide bonds. The maximum Gasteiger partial charge on any atom is 0.288 e. The van der Waals surface area contributed by atoms with Crippen LogP contribution < -0.4 is 0 Å². The highest BCUT2D eigenvalue weighted by Crippen LogP contribution is 2.25. The van der Waals surface area contributed by atoms with Crippen molar-refractivity contribution in [3.63, 3.8) is 0 Å². The number of carbonyl (C=O) groups excluding carboxylic acids is 1. The van der Waals surface area contributed by atoms with E-state index in [1.54, 1.807) is 17.5 Å². The molecule has 17 heavy (non-hydrogen) atoms. The van der Waals surface area contributed by atoms with Gasteiger partial charge in [0.25, 0.3) is 5.91 Å². The predicted molar refractivity (Wildman–Crippen MR) is 69.6 cm³/mol. The van der Waals surface area contributed by atoms with Crippen molar-refractivity contribution in [1.82, 2.24) is 9.78 Å². The second kappa shape index (κ2) is 4.27. The fraction of sp³-hybridized carbons (Fsp3) is 0. The molecule has 3 aromatic heterocycles. The quantitative estimate of drug-likeness (QED) is 0.708. The summed E-state index contributed by atoms with van der Waals surface area (Å²) in [5.74, 6) is -0.0756. The van der Waals surface area contributed by atoms with E-state index in [1.165, 1.54) is 16.0 Å². The molecule has 3 heterocycles. The molecule has 0 unspecified atom stereocenters. The molecular weight excluding hydrogens is 252 g/mol. The average molecular weight is 260 g/mol. The minimum absolute atomic E-state index is 0.0756. The van der Waals surface area contributed by atoms with Gasteiger partial charge in [-0.2, -0.15) is 9.78 Å². The molecule has 0 aliphatic rings. The van der Waals surface area contributed by atoms with Gasteiger partial charge in [-0.25, -0.2) is 0 Å². The Labute approximate surface area is 106 Å². The number of carbonyl (C=O) groups is 1. The normalized spacial score (nSPS) is 10.6. The maximum absolute atomic E-state index is 12.2. The molecule has 0 atom stereocenters. The Hall–Kier alpha value is -1.72. The zero-order valence-electron chi connectivity index (χ0n) is 8.74. The molecule has 0 aliphatic heterocycles. The third-order valence-corrected chi connectivity index (χ3v) is 4.09. The number of hydrogen-bond acceptors (Lipinski definition) is 4. The van der Waals surface area contributed by atoms with Gasteiger partial charge >= 0.3 is 0 Å². The van der Waals surface area contributed by atoms with Gasteiger partial charge in [0, 0.05) is 0 Å². The highest BCUT2D eigenvalue weighted by molar-refractivity contribution is 7.13. The van der Waals surface area contributed by atoms with E-state index < -0.39 is 0 Å². The summed E-state index contributed by atoms with van der Waals surface area (Å²) in [5.41, 5.74) is 0.846. The average Bonchev–Trinajstić information content (AvgIpc) is 3.09. The molecule has 3 nitrogen and oxygen atoms in total. The monoisotopic (exact) mass is 260 g/mol. The summed E-state index contributed by atoms with van der Waals surface area (Å²) in [5, 5.41) is 7.99.